The molecule has 2 atom stereocenters. The van der Waals surface area contributed by atoms with E-state index in [1.165, 1.54) is 0 Å². The zero-order chi connectivity index (χ0) is 10.6. The zero-order valence-electron chi connectivity index (χ0n) is 8.05. The van der Waals surface area contributed by atoms with Crippen LogP contribution in [0.5, 0.6) is 0 Å². The molecule has 3 nitrogen and oxygen atoms in total. The highest BCUT2D eigenvalue weighted by molar-refractivity contribution is 5.76. The molecule has 1 rings (SSSR count). The maximum Gasteiger partial charge on any atom is 0.313 e. The van der Waals surface area contributed by atoms with E-state index in [4.69, 9.17) is 5.11 Å². The van der Waals surface area contributed by atoms with Crippen molar-refractivity contribution in [1.29, 1.82) is 0 Å². The number of carbonyl (C=O) groups is 1. The Morgan fingerprint density at radius 2 is 1.93 bits per heavy atom. The second-order valence-electron chi connectivity index (χ2n) is 3.20. The molecule has 3 heteroatoms. The van der Waals surface area contributed by atoms with Crippen molar-refractivity contribution in [3.8, 4) is 0 Å². The minimum absolute atomic E-state index is 0.436. The van der Waals surface area contributed by atoms with Crippen LogP contribution in [0.15, 0.2) is 30.3 Å². The fraction of sp³-hybridized carbons (Fsp3) is 0.364. The van der Waals surface area contributed by atoms with E-state index in [0.717, 1.165) is 0 Å². The predicted octanol–water partition coefficient (Wildman–Crippen LogP) is 1.63. The summed E-state index contributed by atoms with van der Waals surface area (Å²) in [5.41, 5.74) is 0.648. The molecule has 0 radical (unpaired) electrons. The predicted molar refractivity (Wildman–Crippen MR) is 53.1 cm³/mol. The first-order valence-electron chi connectivity index (χ1n) is 4.62. The van der Waals surface area contributed by atoms with Crippen LogP contribution in [0, 0.1) is 0 Å². The molecule has 14 heavy (non-hydrogen) atoms. The summed E-state index contributed by atoms with van der Waals surface area (Å²) in [5, 5.41) is 18.5. The van der Waals surface area contributed by atoms with Crippen molar-refractivity contribution in [2.24, 2.45) is 0 Å². The van der Waals surface area contributed by atoms with Gasteiger partial charge in [0.2, 0.25) is 0 Å². The summed E-state index contributed by atoms with van der Waals surface area (Å²) in [6.45, 7) is 1.77. The van der Waals surface area contributed by atoms with E-state index < -0.39 is 18.0 Å². The molecule has 1 aromatic rings. The molecule has 0 saturated heterocycles. The molecule has 2 N–H and O–H groups in total. The van der Waals surface area contributed by atoms with E-state index in [0.29, 0.717) is 12.0 Å². The molecule has 0 aliphatic heterocycles. The van der Waals surface area contributed by atoms with Crippen LogP contribution in [0.3, 0.4) is 0 Å². The maximum atomic E-state index is 10.9. The quantitative estimate of drug-likeness (QED) is 0.765. The van der Waals surface area contributed by atoms with Gasteiger partial charge in [-0.3, -0.25) is 4.79 Å². The lowest BCUT2D eigenvalue weighted by Gasteiger charge is -2.17. The normalized spacial score (nSPS) is 14.7. The van der Waals surface area contributed by atoms with Gasteiger partial charge in [-0.05, 0) is 12.0 Å². The molecule has 0 bridgehead atoms. The summed E-state index contributed by atoms with van der Waals surface area (Å²) >= 11 is 0. The van der Waals surface area contributed by atoms with Gasteiger partial charge < -0.3 is 10.2 Å². The molecule has 1 aromatic carbocycles. The van der Waals surface area contributed by atoms with Gasteiger partial charge in [-0.15, -0.1) is 0 Å². The van der Waals surface area contributed by atoms with Gasteiger partial charge in [-0.2, -0.15) is 0 Å². The minimum Gasteiger partial charge on any atom is -0.481 e. The fourth-order valence-corrected chi connectivity index (χ4v) is 1.43. The van der Waals surface area contributed by atoms with E-state index in [2.05, 4.69) is 0 Å². The fourth-order valence-electron chi connectivity index (χ4n) is 1.43. The van der Waals surface area contributed by atoms with Gasteiger partial charge in [0.1, 0.15) is 5.92 Å². The van der Waals surface area contributed by atoms with Crippen LogP contribution in [-0.2, 0) is 4.79 Å². The van der Waals surface area contributed by atoms with Crippen LogP contribution in [-0.4, -0.2) is 22.3 Å². The highest BCUT2D eigenvalue weighted by atomic mass is 16.4. The van der Waals surface area contributed by atoms with Gasteiger partial charge in [0, 0.05) is 0 Å². The Balaban J connectivity index is 2.95. The van der Waals surface area contributed by atoms with E-state index in [9.17, 15) is 9.90 Å². The van der Waals surface area contributed by atoms with Crippen LogP contribution >= 0.6 is 0 Å². The number of carboxylic acid groups (broad SMARTS) is 1. The van der Waals surface area contributed by atoms with Crippen LogP contribution in [0.1, 0.15) is 24.8 Å². The SMILES string of the molecule is CC[C@H](O)[C@H](C(=O)O)c1ccccc1. The van der Waals surface area contributed by atoms with Crippen molar-refractivity contribution in [1.82, 2.24) is 0 Å². The summed E-state index contributed by atoms with van der Waals surface area (Å²) in [5.74, 6) is -1.80. The standard InChI is InChI=1S/C11H14O3/c1-2-9(12)10(11(13)14)8-6-4-3-5-7-8/h3-7,9-10,12H,2H2,1H3,(H,13,14)/t9-,10+/m0/s1. The Hall–Kier alpha value is -1.35. The van der Waals surface area contributed by atoms with Crippen molar-refractivity contribution in [3.05, 3.63) is 35.9 Å². The Kier molecular flexibility index (Phi) is 3.65. The number of aliphatic hydroxyl groups is 1. The molecular weight excluding hydrogens is 180 g/mol. The van der Waals surface area contributed by atoms with Crippen molar-refractivity contribution in [3.63, 3.8) is 0 Å². The number of aliphatic carboxylic acids is 1. The molecule has 0 unspecified atom stereocenters. The first kappa shape index (κ1) is 10.7. The summed E-state index contributed by atoms with van der Waals surface area (Å²) in [6, 6.07) is 8.80. The molecule has 0 aliphatic rings. The largest absolute Gasteiger partial charge is 0.481 e. The molecule has 0 fully saturated rings. The first-order valence-corrected chi connectivity index (χ1v) is 4.62. The molecule has 0 saturated carbocycles. The third-order valence-electron chi connectivity index (χ3n) is 2.23. The van der Waals surface area contributed by atoms with Crippen LogP contribution in [0.2, 0.25) is 0 Å². The van der Waals surface area contributed by atoms with Crippen molar-refractivity contribution < 1.29 is 15.0 Å². The summed E-state index contributed by atoms with van der Waals surface area (Å²) in [6.07, 6.45) is -0.388. The van der Waals surface area contributed by atoms with Gasteiger partial charge in [0.25, 0.3) is 0 Å². The molecule has 0 amide bonds. The summed E-state index contributed by atoms with van der Waals surface area (Å²) in [4.78, 5) is 10.9. The minimum atomic E-state index is -0.981. The maximum absolute atomic E-state index is 10.9. The molecule has 0 heterocycles. The summed E-state index contributed by atoms with van der Waals surface area (Å²) < 4.78 is 0. The lowest BCUT2D eigenvalue weighted by Crippen LogP contribution is -2.25. The first-order chi connectivity index (χ1) is 6.66. The number of hydrogen-bond donors (Lipinski definition) is 2. The lowest BCUT2D eigenvalue weighted by molar-refractivity contribution is -0.141. The van der Waals surface area contributed by atoms with E-state index in [1.54, 1.807) is 31.2 Å². The van der Waals surface area contributed by atoms with Crippen molar-refractivity contribution >= 4 is 5.97 Å². The Bertz CT molecular complexity index is 295. The average Bonchev–Trinajstić information content (AvgIpc) is 2.19. The topological polar surface area (TPSA) is 57.5 Å². The third kappa shape index (κ3) is 2.33. The van der Waals surface area contributed by atoms with Gasteiger partial charge in [-0.25, -0.2) is 0 Å². The van der Waals surface area contributed by atoms with E-state index in [-0.39, 0.29) is 0 Å². The van der Waals surface area contributed by atoms with Crippen molar-refractivity contribution in [2.45, 2.75) is 25.4 Å². The number of benzene rings is 1. The van der Waals surface area contributed by atoms with Gasteiger partial charge in [-0.1, -0.05) is 37.3 Å². The molecule has 0 aromatic heterocycles. The lowest BCUT2D eigenvalue weighted by atomic mass is 9.92. The van der Waals surface area contributed by atoms with E-state index >= 15 is 0 Å². The Labute approximate surface area is 83.0 Å². The monoisotopic (exact) mass is 194 g/mol. The smallest absolute Gasteiger partial charge is 0.313 e. The van der Waals surface area contributed by atoms with E-state index in [1.807, 2.05) is 6.07 Å². The number of hydrogen-bond acceptors (Lipinski definition) is 2. The molecule has 0 aliphatic carbocycles. The third-order valence-corrected chi connectivity index (χ3v) is 2.23. The average molecular weight is 194 g/mol. The molecular formula is C11H14O3. The number of rotatable bonds is 4. The van der Waals surface area contributed by atoms with Gasteiger partial charge >= 0.3 is 5.97 Å². The van der Waals surface area contributed by atoms with Gasteiger partial charge in [0.15, 0.2) is 0 Å². The van der Waals surface area contributed by atoms with Crippen molar-refractivity contribution in [2.75, 3.05) is 0 Å². The summed E-state index contributed by atoms with van der Waals surface area (Å²) in [7, 11) is 0. The van der Waals surface area contributed by atoms with Crippen LogP contribution in [0.25, 0.3) is 0 Å². The number of aliphatic hydroxyl groups excluding tert-OH is 1. The second kappa shape index (κ2) is 4.77. The Morgan fingerprint density at radius 3 is 2.36 bits per heavy atom. The molecule has 76 valence electrons. The van der Waals surface area contributed by atoms with Crippen LogP contribution < -0.4 is 0 Å². The van der Waals surface area contributed by atoms with Gasteiger partial charge in [0.05, 0.1) is 6.10 Å². The second-order valence-corrected chi connectivity index (χ2v) is 3.20. The van der Waals surface area contributed by atoms with Crippen LogP contribution in [0.4, 0.5) is 0 Å². The highest BCUT2D eigenvalue weighted by Crippen LogP contribution is 2.21. The Morgan fingerprint density at radius 1 is 1.36 bits per heavy atom. The number of carboxylic acids is 1. The highest BCUT2D eigenvalue weighted by Gasteiger charge is 2.26. The zero-order valence-corrected chi connectivity index (χ0v) is 8.05. The molecule has 0 spiro atoms.